The van der Waals surface area contributed by atoms with E-state index in [1.165, 1.54) is 20.3 Å². The van der Waals surface area contributed by atoms with E-state index in [0.29, 0.717) is 16.2 Å². The fraction of sp³-hybridized carbons (Fsp3) is 0.182. The van der Waals surface area contributed by atoms with Gasteiger partial charge in [-0.1, -0.05) is 29.7 Å². The van der Waals surface area contributed by atoms with Gasteiger partial charge in [0.2, 0.25) is 0 Å². The van der Waals surface area contributed by atoms with Gasteiger partial charge in [-0.15, -0.1) is 0 Å². The van der Waals surface area contributed by atoms with Crippen LogP contribution in [0.4, 0.5) is 0 Å². The van der Waals surface area contributed by atoms with Gasteiger partial charge >= 0.3 is 0 Å². The minimum absolute atomic E-state index is 0.0345. The van der Waals surface area contributed by atoms with E-state index in [1.807, 2.05) is 6.07 Å². The molecule has 4 nitrogen and oxygen atoms in total. The van der Waals surface area contributed by atoms with Gasteiger partial charge in [0.1, 0.15) is 7.85 Å². The van der Waals surface area contributed by atoms with Gasteiger partial charge < -0.3 is 0 Å². The Balaban J connectivity index is 2.86. The van der Waals surface area contributed by atoms with Crippen molar-refractivity contribution in [1.82, 2.24) is 9.29 Å². The molecule has 0 unspecified atom stereocenters. The molecule has 6 heteroatoms. The zero-order valence-electron chi connectivity index (χ0n) is 9.58. The van der Waals surface area contributed by atoms with Crippen LogP contribution < -0.4 is 5.46 Å². The molecule has 0 bridgehead atoms. The zero-order valence-corrected chi connectivity index (χ0v) is 10.4. The summed E-state index contributed by atoms with van der Waals surface area (Å²) >= 11 is 0. The van der Waals surface area contributed by atoms with Gasteiger partial charge in [0.25, 0.3) is 10.0 Å². The van der Waals surface area contributed by atoms with Gasteiger partial charge in [0.15, 0.2) is 5.03 Å². The van der Waals surface area contributed by atoms with Gasteiger partial charge in [-0.2, -0.15) is 0 Å². The Morgan fingerprint density at radius 2 is 1.76 bits per heavy atom. The number of hydrogen-bond donors (Lipinski definition) is 0. The Bertz CT molecular complexity index is 668. The minimum atomic E-state index is -3.55. The lowest BCUT2D eigenvalue weighted by Crippen LogP contribution is -2.24. The van der Waals surface area contributed by atoms with Crippen molar-refractivity contribution < 1.29 is 8.42 Å². The Morgan fingerprint density at radius 3 is 2.35 bits per heavy atom. The molecule has 0 N–H and O–H groups in total. The predicted molar refractivity (Wildman–Crippen MR) is 68.0 cm³/mol. The maximum atomic E-state index is 12.1. The van der Waals surface area contributed by atoms with E-state index in [-0.39, 0.29) is 5.03 Å². The molecule has 86 valence electrons. The molecule has 0 aliphatic carbocycles. The Kier molecular flexibility index (Phi) is 2.93. The summed E-state index contributed by atoms with van der Waals surface area (Å²) < 4.78 is 25.3. The average Bonchev–Trinajstić information content (AvgIpc) is 2.29. The van der Waals surface area contributed by atoms with Crippen LogP contribution in [0.3, 0.4) is 0 Å². The van der Waals surface area contributed by atoms with Crippen LogP contribution in [-0.2, 0) is 10.0 Å². The fourth-order valence-corrected chi connectivity index (χ4v) is 2.55. The van der Waals surface area contributed by atoms with Crippen molar-refractivity contribution in [2.45, 2.75) is 5.03 Å². The van der Waals surface area contributed by atoms with E-state index in [9.17, 15) is 8.42 Å². The van der Waals surface area contributed by atoms with Crippen LogP contribution in [0.25, 0.3) is 10.8 Å². The second-order valence-electron chi connectivity index (χ2n) is 3.85. The van der Waals surface area contributed by atoms with Gasteiger partial charge in [-0.25, -0.2) is 17.7 Å². The second kappa shape index (κ2) is 4.12. The number of rotatable bonds is 2. The lowest BCUT2D eigenvalue weighted by Gasteiger charge is -2.13. The van der Waals surface area contributed by atoms with E-state index in [2.05, 4.69) is 4.98 Å². The molecule has 0 spiro atoms. The van der Waals surface area contributed by atoms with Crippen LogP contribution in [0, 0.1) is 0 Å². The molecule has 2 rings (SSSR count). The van der Waals surface area contributed by atoms with Crippen molar-refractivity contribution in [3.8, 4) is 0 Å². The van der Waals surface area contributed by atoms with Crippen molar-refractivity contribution >= 4 is 34.1 Å². The first-order valence-corrected chi connectivity index (χ1v) is 6.44. The quantitative estimate of drug-likeness (QED) is 0.715. The first-order chi connectivity index (χ1) is 7.94. The van der Waals surface area contributed by atoms with Crippen molar-refractivity contribution in [2.75, 3.05) is 14.1 Å². The summed E-state index contributed by atoms with van der Waals surface area (Å²) in [5.74, 6) is 0. The number of aromatic nitrogens is 1. The summed E-state index contributed by atoms with van der Waals surface area (Å²) in [5, 5.41) is 1.27. The van der Waals surface area contributed by atoms with Crippen LogP contribution in [-0.4, -0.2) is 39.6 Å². The first-order valence-electron chi connectivity index (χ1n) is 5.00. The number of fused-ring (bicyclic) bond motifs is 1. The third-order valence-corrected chi connectivity index (χ3v) is 4.29. The predicted octanol–water partition coefficient (Wildman–Crippen LogP) is 0.279. The summed E-state index contributed by atoms with van der Waals surface area (Å²) in [5.41, 5.74) is 0.471. The van der Waals surface area contributed by atoms with E-state index < -0.39 is 10.0 Å². The number of pyridine rings is 1. The van der Waals surface area contributed by atoms with E-state index in [1.54, 1.807) is 18.2 Å². The number of sulfonamides is 1. The highest BCUT2D eigenvalue weighted by molar-refractivity contribution is 7.89. The summed E-state index contributed by atoms with van der Waals surface area (Å²) in [6, 6.07) is 7.05. The van der Waals surface area contributed by atoms with Crippen molar-refractivity contribution in [2.24, 2.45) is 0 Å². The Labute approximate surface area is 102 Å². The standard InChI is InChI=1S/C11H11BN2O2S/c1-14(2)17(15,16)11-9-6-4-3-5-8(9)10(12)7-13-11/h3-7H,1-2H3. The maximum Gasteiger partial charge on any atom is 0.260 e. The molecule has 0 atom stereocenters. The highest BCUT2D eigenvalue weighted by Gasteiger charge is 2.21. The average molecular weight is 246 g/mol. The number of nitrogens with zero attached hydrogens (tertiary/aromatic N) is 2. The molecule has 1 heterocycles. The van der Waals surface area contributed by atoms with Crippen LogP contribution >= 0.6 is 0 Å². The Hall–Kier alpha value is -1.40. The van der Waals surface area contributed by atoms with Crippen molar-refractivity contribution in [3.63, 3.8) is 0 Å². The molecular formula is C11H11BN2O2S. The summed E-state index contributed by atoms with van der Waals surface area (Å²) in [6.45, 7) is 0. The van der Waals surface area contributed by atoms with Crippen LogP contribution in [0.1, 0.15) is 0 Å². The molecule has 2 aromatic rings. The van der Waals surface area contributed by atoms with E-state index in [4.69, 9.17) is 7.85 Å². The molecule has 0 amide bonds. The molecular weight excluding hydrogens is 235 g/mol. The van der Waals surface area contributed by atoms with Crippen LogP contribution in [0.5, 0.6) is 0 Å². The van der Waals surface area contributed by atoms with Crippen molar-refractivity contribution in [1.29, 1.82) is 0 Å². The highest BCUT2D eigenvalue weighted by atomic mass is 32.2. The SMILES string of the molecule is [B]c1cnc(S(=O)(=O)N(C)C)c2ccccc12. The van der Waals surface area contributed by atoms with E-state index in [0.717, 1.165) is 4.31 Å². The smallest absolute Gasteiger partial charge is 0.243 e. The Morgan fingerprint density at radius 1 is 1.18 bits per heavy atom. The summed E-state index contributed by atoms with van der Waals surface area (Å²) in [6.07, 6.45) is 1.37. The molecule has 0 aliphatic rings. The molecule has 2 radical (unpaired) electrons. The fourth-order valence-electron chi connectivity index (χ4n) is 1.57. The van der Waals surface area contributed by atoms with Crippen LogP contribution in [0.15, 0.2) is 35.5 Å². The molecule has 1 aromatic heterocycles. The number of benzene rings is 1. The molecule has 0 fully saturated rings. The largest absolute Gasteiger partial charge is 0.260 e. The maximum absolute atomic E-state index is 12.1. The van der Waals surface area contributed by atoms with Gasteiger partial charge in [-0.05, 0) is 5.39 Å². The van der Waals surface area contributed by atoms with Crippen LogP contribution in [0.2, 0.25) is 0 Å². The first kappa shape index (κ1) is 12.1. The monoisotopic (exact) mass is 246 g/mol. The molecule has 0 aliphatic heterocycles. The normalized spacial score (nSPS) is 12.2. The zero-order chi connectivity index (χ0) is 12.6. The molecule has 0 saturated carbocycles. The highest BCUT2D eigenvalue weighted by Crippen LogP contribution is 2.20. The topological polar surface area (TPSA) is 50.3 Å². The third kappa shape index (κ3) is 1.94. The summed E-state index contributed by atoms with van der Waals surface area (Å²) in [4.78, 5) is 3.94. The number of hydrogen-bond acceptors (Lipinski definition) is 3. The third-order valence-electron chi connectivity index (χ3n) is 2.51. The molecule has 1 aromatic carbocycles. The second-order valence-corrected chi connectivity index (χ2v) is 5.92. The molecule has 17 heavy (non-hydrogen) atoms. The van der Waals surface area contributed by atoms with E-state index >= 15 is 0 Å². The van der Waals surface area contributed by atoms with Gasteiger partial charge in [-0.3, -0.25) is 0 Å². The minimum Gasteiger partial charge on any atom is -0.243 e. The summed E-state index contributed by atoms with van der Waals surface area (Å²) in [7, 11) is 5.17. The van der Waals surface area contributed by atoms with Gasteiger partial charge in [0, 0.05) is 25.7 Å². The molecule has 0 saturated heterocycles. The lowest BCUT2D eigenvalue weighted by molar-refractivity contribution is 0.518. The lowest BCUT2D eigenvalue weighted by atomic mass is 9.93. The van der Waals surface area contributed by atoms with Gasteiger partial charge in [0.05, 0.1) is 0 Å². The van der Waals surface area contributed by atoms with Crippen molar-refractivity contribution in [3.05, 3.63) is 30.5 Å².